The summed E-state index contributed by atoms with van der Waals surface area (Å²) in [7, 11) is 0. The summed E-state index contributed by atoms with van der Waals surface area (Å²) in [6, 6.07) is 11.0. The number of rotatable bonds is 4. The van der Waals surface area contributed by atoms with Crippen molar-refractivity contribution >= 4 is 28.9 Å². The average Bonchev–Trinajstić information content (AvgIpc) is 2.40. The van der Waals surface area contributed by atoms with E-state index in [4.69, 9.17) is 16.3 Å². The van der Waals surface area contributed by atoms with Crippen LogP contribution in [0.3, 0.4) is 0 Å². The van der Waals surface area contributed by atoms with Crippen molar-refractivity contribution in [2.75, 3.05) is 5.32 Å². The molecule has 108 valence electrons. The zero-order chi connectivity index (χ0) is 15.4. The Kier molecular flexibility index (Phi) is 4.39. The highest BCUT2D eigenvalue weighted by molar-refractivity contribution is 6.33. The lowest BCUT2D eigenvalue weighted by Gasteiger charge is -2.11. The Balaban J connectivity index is 2.42. The van der Waals surface area contributed by atoms with Crippen molar-refractivity contribution in [3.8, 4) is 11.5 Å². The molecule has 2 aromatic carbocycles. The van der Waals surface area contributed by atoms with E-state index in [1.54, 1.807) is 30.3 Å². The Morgan fingerprint density at radius 2 is 1.86 bits per heavy atom. The molecule has 0 saturated heterocycles. The molecule has 7 heteroatoms. The SMILES string of the molecule is CC(=O)Nc1ccccc1Oc1cccc(Cl)c1[N+](=O)[O-]. The lowest BCUT2D eigenvalue weighted by atomic mass is 10.2. The van der Waals surface area contributed by atoms with Gasteiger partial charge in [-0.3, -0.25) is 14.9 Å². The van der Waals surface area contributed by atoms with Gasteiger partial charge in [-0.25, -0.2) is 0 Å². The zero-order valence-electron chi connectivity index (χ0n) is 11.0. The van der Waals surface area contributed by atoms with Gasteiger partial charge in [-0.15, -0.1) is 0 Å². The second-order valence-corrected chi connectivity index (χ2v) is 4.53. The molecule has 0 aromatic heterocycles. The van der Waals surface area contributed by atoms with Crippen molar-refractivity contribution < 1.29 is 14.5 Å². The number of benzene rings is 2. The number of ether oxygens (including phenoxy) is 1. The summed E-state index contributed by atoms with van der Waals surface area (Å²) in [5, 5.41) is 13.6. The summed E-state index contributed by atoms with van der Waals surface area (Å²) in [5.41, 5.74) is 0.0936. The Morgan fingerprint density at radius 1 is 1.19 bits per heavy atom. The van der Waals surface area contributed by atoms with E-state index < -0.39 is 4.92 Å². The third-order valence-corrected chi connectivity index (χ3v) is 2.86. The van der Waals surface area contributed by atoms with Crippen LogP contribution < -0.4 is 10.1 Å². The van der Waals surface area contributed by atoms with E-state index in [-0.39, 0.29) is 28.1 Å². The molecule has 6 nitrogen and oxygen atoms in total. The van der Waals surface area contributed by atoms with Crippen molar-refractivity contribution in [2.45, 2.75) is 6.92 Å². The van der Waals surface area contributed by atoms with Crippen LogP contribution in [0.1, 0.15) is 6.92 Å². The fraction of sp³-hybridized carbons (Fsp3) is 0.0714. The number of nitro groups is 1. The second-order valence-electron chi connectivity index (χ2n) is 4.12. The summed E-state index contributed by atoms with van der Waals surface area (Å²) < 4.78 is 5.54. The molecule has 2 aromatic rings. The highest BCUT2D eigenvalue weighted by Crippen LogP contribution is 2.38. The number of hydrogen-bond acceptors (Lipinski definition) is 4. The summed E-state index contributed by atoms with van der Waals surface area (Å²) in [6.07, 6.45) is 0. The number of hydrogen-bond donors (Lipinski definition) is 1. The molecular formula is C14H11ClN2O4. The zero-order valence-corrected chi connectivity index (χ0v) is 11.8. The average molecular weight is 307 g/mol. The van der Waals surface area contributed by atoms with Gasteiger partial charge in [0, 0.05) is 6.92 Å². The van der Waals surface area contributed by atoms with Crippen LogP contribution in [0.2, 0.25) is 5.02 Å². The number of nitrogens with one attached hydrogen (secondary N) is 1. The molecule has 1 N–H and O–H groups in total. The van der Waals surface area contributed by atoms with Gasteiger partial charge < -0.3 is 10.1 Å². The summed E-state index contributed by atoms with van der Waals surface area (Å²) >= 11 is 5.82. The normalized spacial score (nSPS) is 10.0. The molecule has 0 aliphatic carbocycles. The van der Waals surface area contributed by atoms with E-state index in [1.807, 2.05) is 0 Å². The molecule has 0 aliphatic rings. The summed E-state index contributed by atoms with van der Waals surface area (Å²) in [6.45, 7) is 1.36. The Labute approximate surface area is 125 Å². The number of carbonyl (C=O) groups excluding carboxylic acids is 1. The first-order valence-corrected chi connectivity index (χ1v) is 6.34. The minimum absolute atomic E-state index is 0.00491. The van der Waals surface area contributed by atoms with E-state index >= 15 is 0 Å². The Bertz CT molecular complexity index is 703. The topological polar surface area (TPSA) is 81.5 Å². The number of nitro benzene ring substituents is 1. The molecule has 0 fully saturated rings. The predicted octanol–water partition coefficient (Wildman–Crippen LogP) is 4.00. The van der Waals surface area contributed by atoms with Crippen LogP contribution in [-0.2, 0) is 4.79 Å². The molecule has 0 atom stereocenters. The lowest BCUT2D eigenvalue weighted by Crippen LogP contribution is -2.07. The maximum atomic E-state index is 11.2. The largest absolute Gasteiger partial charge is 0.448 e. The van der Waals surface area contributed by atoms with Crippen molar-refractivity contribution in [1.29, 1.82) is 0 Å². The van der Waals surface area contributed by atoms with Gasteiger partial charge in [-0.2, -0.15) is 0 Å². The summed E-state index contributed by atoms with van der Waals surface area (Å²) in [5.74, 6) is 0.0232. The predicted molar refractivity (Wildman–Crippen MR) is 78.9 cm³/mol. The number of carbonyl (C=O) groups is 1. The molecule has 0 heterocycles. The highest BCUT2D eigenvalue weighted by Gasteiger charge is 2.21. The number of nitrogens with zero attached hydrogens (tertiary/aromatic N) is 1. The van der Waals surface area contributed by atoms with Gasteiger partial charge in [-0.1, -0.05) is 29.8 Å². The first-order valence-electron chi connectivity index (χ1n) is 5.96. The van der Waals surface area contributed by atoms with Gasteiger partial charge in [0.25, 0.3) is 0 Å². The number of anilines is 1. The fourth-order valence-electron chi connectivity index (χ4n) is 1.72. The maximum absolute atomic E-state index is 11.2. The van der Waals surface area contributed by atoms with E-state index in [9.17, 15) is 14.9 Å². The first-order chi connectivity index (χ1) is 9.99. The molecule has 0 spiro atoms. The van der Waals surface area contributed by atoms with Crippen LogP contribution in [0.5, 0.6) is 11.5 Å². The second kappa shape index (κ2) is 6.23. The highest BCUT2D eigenvalue weighted by atomic mass is 35.5. The van der Waals surface area contributed by atoms with Crippen molar-refractivity contribution in [3.05, 3.63) is 57.6 Å². The van der Waals surface area contributed by atoms with Gasteiger partial charge in [0.2, 0.25) is 11.7 Å². The molecule has 1 amide bonds. The Hall–Kier alpha value is -2.60. The molecule has 21 heavy (non-hydrogen) atoms. The molecule has 0 bridgehead atoms. The van der Waals surface area contributed by atoms with E-state index in [0.29, 0.717) is 5.69 Å². The lowest BCUT2D eigenvalue weighted by molar-refractivity contribution is -0.385. The molecular weight excluding hydrogens is 296 g/mol. The van der Waals surface area contributed by atoms with Crippen LogP contribution in [-0.4, -0.2) is 10.8 Å². The molecule has 0 radical (unpaired) electrons. The minimum Gasteiger partial charge on any atom is -0.448 e. The van der Waals surface area contributed by atoms with Gasteiger partial charge >= 0.3 is 5.69 Å². The molecule has 0 aliphatic heterocycles. The van der Waals surface area contributed by atoms with Gasteiger partial charge in [0.15, 0.2) is 5.75 Å². The van der Waals surface area contributed by atoms with Crippen LogP contribution in [0.25, 0.3) is 0 Å². The van der Waals surface area contributed by atoms with E-state index in [2.05, 4.69) is 5.32 Å². The van der Waals surface area contributed by atoms with Gasteiger partial charge in [-0.05, 0) is 24.3 Å². The maximum Gasteiger partial charge on any atom is 0.329 e. The minimum atomic E-state index is -0.612. The van der Waals surface area contributed by atoms with E-state index in [0.717, 1.165) is 0 Å². The van der Waals surface area contributed by atoms with Crippen LogP contribution in [0.4, 0.5) is 11.4 Å². The number of para-hydroxylation sites is 3. The van der Waals surface area contributed by atoms with Crippen LogP contribution in [0, 0.1) is 10.1 Å². The number of amides is 1. The Morgan fingerprint density at radius 3 is 2.52 bits per heavy atom. The van der Waals surface area contributed by atoms with Crippen molar-refractivity contribution in [3.63, 3.8) is 0 Å². The standard InChI is InChI=1S/C14H11ClN2O4/c1-9(18)16-11-6-2-3-7-12(11)21-13-8-4-5-10(15)14(13)17(19)20/h2-8H,1H3,(H,16,18). The van der Waals surface area contributed by atoms with Crippen LogP contribution >= 0.6 is 11.6 Å². The quantitative estimate of drug-likeness (QED) is 0.683. The summed E-state index contributed by atoms with van der Waals surface area (Å²) in [4.78, 5) is 21.6. The third-order valence-electron chi connectivity index (χ3n) is 2.55. The monoisotopic (exact) mass is 306 g/mol. The van der Waals surface area contributed by atoms with Gasteiger partial charge in [0.05, 0.1) is 10.6 Å². The molecule has 0 saturated carbocycles. The smallest absolute Gasteiger partial charge is 0.329 e. The van der Waals surface area contributed by atoms with Crippen molar-refractivity contribution in [1.82, 2.24) is 0 Å². The third kappa shape index (κ3) is 3.49. The van der Waals surface area contributed by atoms with Crippen LogP contribution in [0.15, 0.2) is 42.5 Å². The first kappa shape index (κ1) is 14.8. The van der Waals surface area contributed by atoms with Gasteiger partial charge in [0.1, 0.15) is 5.02 Å². The number of halogens is 1. The molecule has 0 unspecified atom stereocenters. The van der Waals surface area contributed by atoms with Crippen molar-refractivity contribution in [2.24, 2.45) is 0 Å². The fourth-order valence-corrected chi connectivity index (χ4v) is 1.96. The molecule has 2 rings (SSSR count). The van der Waals surface area contributed by atoms with E-state index in [1.165, 1.54) is 19.1 Å².